The Hall–Kier alpha value is -4.14. The molecule has 2 rings (SSSR count). The fraction of sp³-hybridized carbons (Fsp3) is 0.438. The number of aryl methyl sites for hydroxylation is 2. The molecule has 2 atom stereocenters. The fourth-order valence-corrected chi connectivity index (χ4v) is 4.19. The molecular formula is C32H43N3O6. The van der Waals surface area contributed by atoms with Crippen LogP contribution in [0.2, 0.25) is 0 Å². The smallest absolute Gasteiger partial charge is 0.408 e. The lowest BCUT2D eigenvalue weighted by molar-refractivity contribution is -0.144. The first-order valence-corrected chi connectivity index (χ1v) is 13.8. The monoisotopic (exact) mass is 565 g/mol. The van der Waals surface area contributed by atoms with Crippen LogP contribution in [-0.2, 0) is 30.3 Å². The first-order chi connectivity index (χ1) is 19.4. The molecule has 0 saturated heterocycles. The van der Waals surface area contributed by atoms with E-state index in [2.05, 4.69) is 17.2 Å². The maximum atomic E-state index is 14.2. The van der Waals surface area contributed by atoms with Crippen molar-refractivity contribution in [3.63, 3.8) is 0 Å². The molecule has 0 bridgehead atoms. The van der Waals surface area contributed by atoms with Crippen molar-refractivity contribution < 1.29 is 28.7 Å². The molecule has 2 aromatic rings. The number of carbonyl (C=O) groups is 4. The summed E-state index contributed by atoms with van der Waals surface area (Å²) in [4.78, 5) is 54.0. The Morgan fingerprint density at radius 3 is 2.29 bits per heavy atom. The zero-order chi connectivity index (χ0) is 30.6. The van der Waals surface area contributed by atoms with Gasteiger partial charge in [-0.3, -0.25) is 14.4 Å². The molecule has 9 nitrogen and oxygen atoms in total. The first kappa shape index (κ1) is 33.1. The predicted molar refractivity (Wildman–Crippen MR) is 158 cm³/mol. The maximum Gasteiger partial charge on any atom is 0.408 e. The van der Waals surface area contributed by atoms with E-state index in [0.717, 1.165) is 16.7 Å². The summed E-state index contributed by atoms with van der Waals surface area (Å²) in [6, 6.07) is 12.7. The van der Waals surface area contributed by atoms with Crippen LogP contribution in [-0.4, -0.2) is 60.1 Å². The zero-order valence-electron chi connectivity index (χ0n) is 25.0. The van der Waals surface area contributed by atoms with Gasteiger partial charge in [0.05, 0.1) is 13.0 Å². The van der Waals surface area contributed by atoms with Crippen LogP contribution in [0.15, 0.2) is 61.2 Å². The highest BCUT2D eigenvalue weighted by Crippen LogP contribution is 2.25. The highest BCUT2D eigenvalue weighted by Gasteiger charge is 2.36. The number of amides is 3. The van der Waals surface area contributed by atoms with Crippen molar-refractivity contribution in [2.75, 3.05) is 19.7 Å². The molecule has 0 saturated carbocycles. The third-order valence-electron chi connectivity index (χ3n) is 6.22. The van der Waals surface area contributed by atoms with Gasteiger partial charge in [-0.2, -0.15) is 0 Å². The van der Waals surface area contributed by atoms with Crippen molar-refractivity contribution in [1.29, 1.82) is 0 Å². The van der Waals surface area contributed by atoms with Gasteiger partial charge in [-0.1, -0.05) is 54.6 Å². The van der Waals surface area contributed by atoms with E-state index < -0.39 is 41.6 Å². The van der Waals surface area contributed by atoms with Crippen LogP contribution in [0.5, 0.6) is 0 Å². The van der Waals surface area contributed by atoms with Crippen molar-refractivity contribution in [2.24, 2.45) is 0 Å². The Balaban J connectivity index is 2.49. The van der Waals surface area contributed by atoms with E-state index in [1.165, 1.54) is 11.0 Å². The third kappa shape index (κ3) is 10.7. The molecule has 0 aliphatic rings. The van der Waals surface area contributed by atoms with Crippen LogP contribution in [0, 0.1) is 13.8 Å². The molecule has 9 heteroatoms. The van der Waals surface area contributed by atoms with Gasteiger partial charge < -0.3 is 25.0 Å². The Morgan fingerprint density at radius 2 is 1.71 bits per heavy atom. The summed E-state index contributed by atoms with van der Waals surface area (Å²) < 4.78 is 10.4. The number of esters is 1. The van der Waals surface area contributed by atoms with E-state index in [-0.39, 0.29) is 32.5 Å². The standard InChI is InChI=1S/C32H43N3O6/c1-8-19-35(30(38)26(21-24-13-11-10-12-14-24)34-31(39)41-32(5,6)7)28(25-16-15-22(3)23(4)20-25)29(37)33-18-17-27(36)40-9-2/h8,10-16,20,26,28H,1,9,17-19,21H2,2-7H3,(H,33,37)(H,34,39). The number of nitrogens with zero attached hydrogens (tertiary/aromatic N) is 1. The summed E-state index contributed by atoms with van der Waals surface area (Å²) >= 11 is 0. The average molecular weight is 566 g/mol. The van der Waals surface area contributed by atoms with Gasteiger partial charge >= 0.3 is 12.1 Å². The van der Waals surface area contributed by atoms with Gasteiger partial charge in [0, 0.05) is 19.5 Å². The van der Waals surface area contributed by atoms with E-state index in [4.69, 9.17) is 9.47 Å². The predicted octanol–water partition coefficient (Wildman–Crippen LogP) is 4.56. The highest BCUT2D eigenvalue weighted by molar-refractivity contribution is 5.92. The summed E-state index contributed by atoms with van der Waals surface area (Å²) in [5.74, 6) is -1.38. The molecule has 0 aromatic heterocycles. The maximum absolute atomic E-state index is 14.2. The SMILES string of the molecule is C=CCN(C(=O)C(Cc1ccccc1)NC(=O)OC(C)(C)C)C(C(=O)NCCC(=O)OCC)c1ccc(C)c(C)c1. The van der Waals surface area contributed by atoms with E-state index in [1.54, 1.807) is 33.8 Å². The molecule has 0 aliphatic carbocycles. The molecule has 2 unspecified atom stereocenters. The molecule has 2 N–H and O–H groups in total. The quantitative estimate of drug-likeness (QED) is 0.272. The molecule has 222 valence electrons. The number of alkyl carbamates (subject to hydrolysis) is 1. The molecular weight excluding hydrogens is 522 g/mol. The minimum atomic E-state index is -1.05. The fourth-order valence-electron chi connectivity index (χ4n) is 4.19. The van der Waals surface area contributed by atoms with E-state index in [1.807, 2.05) is 56.3 Å². The van der Waals surface area contributed by atoms with Gasteiger partial charge in [0.25, 0.3) is 0 Å². The highest BCUT2D eigenvalue weighted by atomic mass is 16.6. The summed E-state index contributed by atoms with van der Waals surface area (Å²) in [5, 5.41) is 5.50. The largest absolute Gasteiger partial charge is 0.466 e. The van der Waals surface area contributed by atoms with Gasteiger partial charge in [-0.15, -0.1) is 6.58 Å². The molecule has 0 heterocycles. The van der Waals surface area contributed by atoms with Crippen molar-refractivity contribution in [1.82, 2.24) is 15.5 Å². The molecule has 0 spiro atoms. The Kier molecular flexibility index (Phi) is 12.6. The molecule has 0 fully saturated rings. The summed E-state index contributed by atoms with van der Waals surface area (Å²) in [7, 11) is 0. The van der Waals surface area contributed by atoms with E-state index in [0.29, 0.717) is 5.56 Å². The number of benzene rings is 2. The molecule has 0 aliphatic heterocycles. The lowest BCUT2D eigenvalue weighted by Crippen LogP contribution is -2.54. The summed E-state index contributed by atoms with van der Waals surface area (Å²) in [5.41, 5.74) is 2.62. The van der Waals surface area contributed by atoms with Crippen molar-refractivity contribution in [3.05, 3.63) is 83.4 Å². The number of carbonyl (C=O) groups excluding carboxylic acids is 4. The number of nitrogens with one attached hydrogen (secondary N) is 2. The van der Waals surface area contributed by atoms with Gasteiger partial charge in [0.15, 0.2) is 0 Å². The molecule has 0 radical (unpaired) electrons. The second kappa shape index (κ2) is 15.6. The lowest BCUT2D eigenvalue weighted by atomic mass is 9.97. The van der Waals surface area contributed by atoms with E-state index in [9.17, 15) is 19.2 Å². The third-order valence-corrected chi connectivity index (χ3v) is 6.22. The molecule has 3 amide bonds. The average Bonchev–Trinajstić information content (AvgIpc) is 2.89. The number of hydrogen-bond acceptors (Lipinski definition) is 6. The Bertz CT molecular complexity index is 1210. The van der Waals surface area contributed by atoms with Crippen molar-refractivity contribution in [2.45, 2.75) is 72.1 Å². The number of ether oxygens (including phenoxy) is 2. The summed E-state index contributed by atoms with van der Waals surface area (Å²) in [6.07, 6.45) is 0.958. The van der Waals surface area contributed by atoms with Crippen LogP contribution < -0.4 is 10.6 Å². The number of rotatable bonds is 13. The first-order valence-electron chi connectivity index (χ1n) is 13.8. The van der Waals surface area contributed by atoms with Crippen LogP contribution in [0.25, 0.3) is 0 Å². The number of hydrogen-bond donors (Lipinski definition) is 2. The topological polar surface area (TPSA) is 114 Å². The van der Waals surface area contributed by atoms with E-state index >= 15 is 0 Å². The van der Waals surface area contributed by atoms with Crippen LogP contribution in [0.3, 0.4) is 0 Å². The second-order valence-electron chi connectivity index (χ2n) is 10.8. The van der Waals surface area contributed by atoms with Gasteiger partial charge in [0.1, 0.15) is 17.7 Å². The minimum absolute atomic E-state index is 0.00847. The van der Waals surface area contributed by atoms with Gasteiger partial charge in [0.2, 0.25) is 11.8 Å². The van der Waals surface area contributed by atoms with Crippen LogP contribution in [0.1, 0.15) is 62.4 Å². The summed E-state index contributed by atoms with van der Waals surface area (Å²) in [6.45, 7) is 14.9. The van der Waals surface area contributed by atoms with Crippen LogP contribution in [0.4, 0.5) is 4.79 Å². The Labute approximate surface area is 243 Å². The zero-order valence-corrected chi connectivity index (χ0v) is 25.0. The second-order valence-corrected chi connectivity index (χ2v) is 10.8. The molecule has 41 heavy (non-hydrogen) atoms. The van der Waals surface area contributed by atoms with Gasteiger partial charge in [-0.05, 0) is 63.8 Å². The van der Waals surface area contributed by atoms with Crippen molar-refractivity contribution in [3.8, 4) is 0 Å². The Morgan fingerprint density at radius 1 is 1.02 bits per heavy atom. The lowest BCUT2D eigenvalue weighted by Gasteiger charge is -2.34. The normalized spacial score (nSPS) is 12.4. The minimum Gasteiger partial charge on any atom is -0.466 e. The van der Waals surface area contributed by atoms with Gasteiger partial charge in [-0.25, -0.2) is 4.79 Å². The molecule has 2 aromatic carbocycles. The van der Waals surface area contributed by atoms with Crippen molar-refractivity contribution >= 4 is 23.9 Å². The van der Waals surface area contributed by atoms with Crippen LogP contribution >= 0.6 is 0 Å².